The average molecular weight is 420 g/mol. The van der Waals surface area contributed by atoms with Gasteiger partial charge in [0.2, 0.25) is 0 Å². The molecule has 0 saturated heterocycles. The van der Waals surface area contributed by atoms with E-state index in [1.54, 1.807) is 17.6 Å². The molecule has 0 amide bonds. The van der Waals surface area contributed by atoms with Crippen LogP contribution in [0.25, 0.3) is 32.4 Å². The van der Waals surface area contributed by atoms with E-state index in [4.69, 9.17) is 11.5 Å². The zero-order chi connectivity index (χ0) is 20.4. The number of allylic oxidation sites excluding steroid dienone is 1. The monoisotopic (exact) mass is 419 g/mol. The van der Waals surface area contributed by atoms with Crippen molar-refractivity contribution in [2.45, 2.75) is 0 Å². The maximum Gasteiger partial charge on any atom is 0.109 e. The minimum Gasteiger partial charge on any atom is -0.398 e. The van der Waals surface area contributed by atoms with Crippen LogP contribution in [-0.2, 0) is 0 Å². The van der Waals surface area contributed by atoms with Crippen molar-refractivity contribution in [3.05, 3.63) is 83.5 Å². The largest absolute Gasteiger partial charge is 0.398 e. The van der Waals surface area contributed by atoms with E-state index in [2.05, 4.69) is 62.7 Å². The average Bonchev–Trinajstić information content (AvgIpc) is 3.28. The Balaban J connectivity index is 1.99. The highest BCUT2D eigenvalue weighted by Gasteiger charge is 2.18. The van der Waals surface area contributed by atoms with Gasteiger partial charge in [-0.1, -0.05) is 43.0 Å². The van der Waals surface area contributed by atoms with Crippen molar-refractivity contribution in [3.63, 3.8) is 0 Å². The lowest BCUT2D eigenvalue weighted by molar-refractivity contribution is 1.19. The van der Waals surface area contributed by atoms with E-state index in [-0.39, 0.29) is 0 Å². The molecule has 0 atom stereocenters. The summed E-state index contributed by atoms with van der Waals surface area (Å²) < 4.78 is 9.51. The summed E-state index contributed by atoms with van der Waals surface area (Å²) in [6.45, 7) is 3.80. The Morgan fingerprint density at radius 3 is 2.55 bits per heavy atom. The molecule has 146 valence electrons. The topological polar surface area (TPSA) is 81.4 Å². The van der Waals surface area contributed by atoms with Gasteiger partial charge in [0.25, 0.3) is 0 Å². The molecule has 0 fully saturated rings. The van der Waals surface area contributed by atoms with Crippen molar-refractivity contribution in [1.82, 2.24) is 9.29 Å². The highest BCUT2D eigenvalue weighted by molar-refractivity contribution is 7.96. The number of thiophene rings is 1. The summed E-state index contributed by atoms with van der Waals surface area (Å²) >= 11 is 2.89. The van der Waals surface area contributed by atoms with Crippen LogP contribution in [0.2, 0.25) is 0 Å². The van der Waals surface area contributed by atoms with Gasteiger partial charge in [-0.2, -0.15) is 0 Å². The molecule has 2 aromatic heterocycles. The van der Waals surface area contributed by atoms with Gasteiger partial charge in [0.05, 0.1) is 23.3 Å². The second-order valence-corrected chi connectivity index (χ2v) is 8.23. The number of hydrogen-bond acceptors (Lipinski definition) is 6. The van der Waals surface area contributed by atoms with Gasteiger partial charge in [0.1, 0.15) is 4.83 Å². The molecule has 2 heterocycles. The van der Waals surface area contributed by atoms with Crippen LogP contribution in [0, 0.1) is 0 Å². The molecule has 0 aliphatic carbocycles. The smallest absolute Gasteiger partial charge is 0.109 e. The molecule has 4 aromatic rings. The fraction of sp³-hybridized carbons (Fsp3) is 0.0455. The first-order chi connectivity index (χ1) is 14.1. The van der Waals surface area contributed by atoms with Gasteiger partial charge in [-0.25, -0.2) is 9.12 Å². The number of nitrogens with zero attached hydrogens (tertiary/aromatic N) is 2. The Kier molecular flexibility index (Phi) is 5.44. The highest BCUT2D eigenvalue weighted by atomic mass is 32.2. The van der Waals surface area contributed by atoms with Crippen molar-refractivity contribution >= 4 is 56.4 Å². The zero-order valence-electron chi connectivity index (χ0n) is 15.9. The van der Waals surface area contributed by atoms with Crippen LogP contribution in [0.4, 0.5) is 0 Å². The molecular weight excluding hydrogens is 398 g/mol. The Morgan fingerprint density at radius 2 is 1.83 bits per heavy atom. The third kappa shape index (κ3) is 3.55. The molecule has 0 spiro atoms. The van der Waals surface area contributed by atoms with Crippen LogP contribution in [0.1, 0.15) is 4.88 Å². The molecule has 5 nitrogen and oxygen atoms in total. The lowest BCUT2D eigenvalue weighted by atomic mass is 10.1. The predicted octanol–water partition coefficient (Wildman–Crippen LogP) is 4.84. The highest BCUT2D eigenvalue weighted by Crippen LogP contribution is 2.39. The predicted molar refractivity (Wildman–Crippen MR) is 128 cm³/mol. The third-order valence-electron chi connectivity index (χ3n) is 4.59. The number of nitrogens with two attached hydrogens (primary N) is 2. The first kappa shape index (κ1) is 19.3. The molecule has 0 bridgehead atoms. The molecule has 29 heavy (non-hydrogen) atoms. The van der Waals surface area contributed by atoms with Gasteiger partial charge >= 0.3 is 0 Å². The lowest BCUT2D eigenvalue weighted by Gasteiger charge is -2.07. The van der Waals surface area contributed by atoms with Gasteiger partial charge in [0.15, 0.2) is 0 Å². The number of benzene rings is 2. The van der Waals surface area contributed by atoms with Crippen molar-refractivity contribution in [3.8, 4) is 5.69 Å². The van der Waals surface area contributed by atoms with E-state index >= 15 is 0 Å². The van der Waals surface area contributed by atoms with Gasteiger partial charge < -0.3 is 16.0 Å². The molecule has 5 N–H and O–H groups in total. The molecule has 0 aliphatic heterocycles. The van der Waals surface area contributed by atoms with E-state index in [1.807, 2.05) is 25.2 Å². The van der Waals surface area contributed by atoms with Crippen LogP contribution in [-0.4, -0.2) is 17.8 Å². The number of rotatable bonds is 6. The Hall–Kier alpha value is -3.00. The first-order valence-corrected chi connectivity index (χ1v) is 10.6. The normalized spacial score (nSPS) is 12.7. The maximum absolute atomic E-state index is 6.26. The van der Waals surface area contributed by atoms with E-state index in [1.165, 1.54) is 28.4 Å². The molecular formula is C22H21N5S2. The van der Waals surface area contributed by atoms with E-state index in [9.17, 15) is 0 Å². The fourth-order valence-corrected chi connectivity index (χ4v) is 4.78. The number of aromatic nitrogens is 1. The van der Waals surface area contributed by atoms with E-state index in [0.29, 0.717) is 11.4 Å². The van der Waals surface area contributed by atoms with Crippen molar-refractivity contribution < 1.29 is 0 Å². The molecule has 4 rings (SSSR count). The Bertz CT molecular complexity index is 1250. The quantitative estimate of drug-likeness (QED) is 0.237. The molecule has 2 aromatic carbocycles. The molecule has 7 heteroatoms. The molecule has 0 unspecified atom stereocenters. The Morgan fingerprint density at radius 1 is 1.10 bits per heavy atom. The van der Waals surface area contributed by atoms with Gasteiger partial charge in [-0.05, 0) is 31.3 Å². The van der Waals surface area contributed by atoms with Crippen LogP contribution in [0.3, 0.4) is 0 Å². The molecule has 0 aliphatic rings. The summed E-state index contributed by atoms with van der Waals surface area (Å²) in [6.07, 6.45) is 1.73. The second-order valence-electron chi connectivity index (χ2n) is 6.40. The van der Waals surface area contributed by atoms with Crippen LogP contribution >= 0.6 is 23.5 Å². The number of fused-ring (bicyclic) bond motifs is 3. The standard InChI is InChI=1S/C22H21N5S2/c1-14(23)21(24)18(13-26-29-25-2)20-12-17-16-10-6-7-11-19(16)27(22(17)28-20)15-8-4-3-5-9-15/h3-13,25H,1,23-24H2,2H3/b21-18-,26-13?. The van der Waals surface area contributed by atoms with Gasteiger partial charge in [0, 0.05) is 38.8 Å². The minimum atomic E-state index is 0.329. The SMILES string of the molecule is C=C(N)/C(N)=C(\C=NSNC)c1cc2c3ccccc3n(-c3ccccc3)c2s1. The summed E-state index contributed by atoms with van der Waals surface area (Å²) in [5.74, 6) is 0. The summed E-state index contributed by atoms with van der Waals surface area (Å²) in [5, 5.41) is 2.37. The minimum absolute atomic E-state index is 0.329. The summed E-state index contributed by atoms with van der Waals surface area (Å²) in [6, 6.07) is 20.9. The lowest BCUT2D eigenvalue weighted by Crippen LogP contribution is -2.11. The third-order valence-corrected chi connectivity index (χ3v) is 6.14. The van der Waals surface area contributed by atoms with Crippen LogP contribution < -0.4 is 16.2 Å². The Labute approximate surface area is 177 Å². The summed E-state index contributed by atoms with van der Waals surface area (Å²) in [5.41, 5.74) is 16.0. The second kappa shape index (κ2) is 8.16. The van der Waals surface area contributed by atoms with Crippen molar-refractivity contribution in [1.29, 1.82) is 0 Å². The molecule has 0 saturated carbocycles. The number of para-hydroxylation sites is 2. The fourth-order valence-electron chi connectivity index (χ4n) is 3.28. The van der Waals surface area contributed by atoms with Gasteiger partial charge in [-0.15, -0.1) is 11.3 Å². The molecule has 0 radical (unpaired) electrons. The summed E-state index contributed by atoms with van der Waals surface area (Å²) in [7, 11) is 1.81. The van der Waals surface area contributed by atoms with Crippen LogP contribution in [0.5, 0.6) is 0 Å². The van der Waals surface area contributed by atoms with Gasteiger partial charge in [-0.3, -0.25) is 0 Å². The summed E-state index contributed by atoms with van der Waals surface area (Å²) in [4.78, 5) is 2.14. The van der Waals surface area contributed by atoms with E-state index < -0.39 is 0 Å². The first-order valence-electron chi connectivity index (χ1n) is 9.01. The van der Waals surface area contributed by atoms with Crippen molar-refractivity contribution in [2.75, 3.05) is 7.05 Å². The number of nitrogens with one attached hydrogen (secondary N) is 1. The maximum atomic E-state index is 6.26. The van der Waals surface area contributed by atoms with Crippen molar-refractivity contribution in [2.24, 2.45) is 15.9 Å². The van der Waals surface area contributed by atoms with Crippen LogP contribution in [0.15, 0.2) is 83.0 Å². The van der Waals surface area contributed by atoms with E-state index in [0.717, 1.165) is 21.0 Å². The number of hydrogen-bond donors (Lipinski definition) is 3. The zero-order valence-corrected chi connectivity index (χ0v) is 17.6.